The van der Waals surface area contributed by atoms with E-state index in [-0.39, 0.29) is 24.8 Å². The highest BCUT2D eigenvalue weighted by atomic mass is 16.7. The van der Waals surface area contributed by atoms with Gasteiger partial charge in [-0.15, -0.1) is 0 Å². The molecule has 1 atom stereocenters. The number of hydrogen-bond donors (Lipinski definition) is 0. The van der Waals surface area contributed by atoms with Crippen molar-refractivity contribution < 1.29 is 42.7 Å². The second kappa shape index (κ2) is 8.77. The third-order valence-electron chi connectivity index (χ3n) is 6.58. The number of rotatable bonds is 5. The third kappa shape index (κ3) is 3.62. The number of carbonyl (C=O) groups is 2. The Kier molecular flexibility index (Phi) is 5.40. The first-order valence-corrected chi connectivity index (χ1v) is 11.5. The molecule has 37 heavy (non-hydrogen) atoms. The quantitative estimate of drug-likeness (QED) is 0.284. The van der Waals surface area contributed by atoms with E-state index >= 15 is 0 Å². The monoisotopic (exact) mass is 502 g/mol. The molecule has 3 aliphatic rings. The number of benzene rings is 3. The van der Waals surface area contributed by atoms with Crippen LogP contribution in [0.3, 0.4) is 0 Å². The lowest BCUT2D eigenvalue weighted by Gasteiger charge is -2.26. The Morgan fingerprint density at radius 2 is 1.70 bits per heavy atom. The van der Waals surface area contributed by atoms with Crippen LogP contribution in [-0.4, -0.2) is 39.9 Å². The molecule has 0 aliphatic carbocycles. The second-order valence-electron chi connectivity index (χ2n) is 8.56. The molecular weight excluding hydrogens is 480 g/mol. The Labute approximate surface area is 212 Å². The van der Waals surface area contributed by atoms with Gasteiger partial charge >= 0.3 is 5.97 Å². The lowest BCUT2D eigenvalue weighted by atomic mass is 9.84. The van der Waals surface area contributed by atoms with Gasteiger partial charge in [0.2, 0.25) is 18.3 Å². The summed E-state index contributed by atoms with van der Waals surface area (Å²) >= 11 is 0. The number of carbonyl (C=O) groups excluding carboxylic acids is 2. The van der Waals surface area contributed by atoms with Crippen LogP contribution in [0, 0.1) is 0 Å². The van der Waals surface area contributed by atoms with Gasteiger partial charge in [-0.3, -0.25) is 9.59 Å². The zero-order valence-corrected chi connectivity index (χ0v) is 20.3. The molecule has 3 aromatic rings. The van der Waals surface area contributed by atoms with Crippen molar-refractivity contribution in [3.8, 4) is 40.2 Å². The first-order chi connectivity index (χ1) is 18.0. The molecule has 0 unspecified atom stereocenters. The van der Waals surface area contributed by atoms with E-state index in [0.717, 1.165) is 5.56 Å². The maximum atomic E-state index is 13.4. The molecule has 0 saturated carbocycles. The standard InChI is InChI=1S/C28H22O9/c1-31-19-6-4-5-14(26(19)33-3)9-20-25(30)16-7-8-18-24(27(16)37-20)17(12-23(29)36-18)15-10-21(32-2)28-22(11-15)34-13-35-28/h4-11,17H,12-13H2,1-3H3/b20-9-/t17-/m1/s1. The van der Waals surface area contributed by atoms with Crippen LogP contribution in [0.1, 0.15) is 39.4 Å². The van der Waals surface area contributed by atoms with Crippen molar-refractivity contribution >= 4 is 17.8 Å². The summed E-state index contributed by atoms with van der Waals surface area (Å²) in [6.07, 6.45) is 1.66. The molecule has 6 rings (SSSR count). The van der Waals surface area contributed by atoms with Gasteiger partial charge in [0.15, 0.2) is 28.8 Å². The van der Waals surface area contributed by atoms with Crippen LogP contribution in [-0.2, 0) is 4.79 Å². The van der Waals surface area contributed by atoms with Crippen molar-refractivity contribution in [2.24, 2.45) is 0 Å². The Balaban J connectivity index is 1.46. The van der Waals surface area contributed by atoms with Gasteiger partial charge < -0.3 is 33.2 Å². The minimum absolute atomic E-state index is 0.0482. The summed E-state index contributed by atoms with van der Waals surface area (Å²) in [5.41, 5.74) is 2.35. The van der Waals surface area contributed by atoms with E-state index < -0.39 is 11.9 Å². The summed E-state index contributed by atoms with van der Waals surface area (Å²) in [6.45, 7) is 0.0767. The highest BCUT2D eigenvalue weighted by Gasteiger charge is 2.39. The largest absolute Gasteiger partial charge is 0.493 e. The number of Topliss-reactive ketones (excluding diaryl/α,β-unsaturated/α-hetero) is 1. The van der Waals surface area contributed by atoms with Crippen LogP contribution in [0.4, 0.5) is 0 Å². The van der Waals surface area contributed by atoms with Crippen LogP contribution in [0.5, 0.6) is 40.2 Å². The smallest absolute Gasteiger partial charge is 0.312 e. The number of fused-ring (bicyclic) bond motifs is 4. The first-order valence-electron chi connectivity index (χ1n) is 11.5. The zero-order valence-electron chi connectivity index (χ0n) is 20.3. The van der Waals surface area contributed by atoms with Crippen LogP contribution in [0.2, 0.25) is 0 Å². The van der Waals surface area contributed by atoms with Gasteiger partial charge in [-0.05, 0) is 42.0 Å². The van der Waals surface area contributed by atoms with E-state index in [0.29, 0.717) is 56.9 Å². The molecule has 9 heteroatoms. The maximum Gasteiger partial charge on any atom is 0.312 e. The molecule has 0 fully saturated rings. The van der Waals surface area contributed by atoms with Crippen LogP contribution >= 0.6 is 0 Å². The minimum Gasteiger partial charge on any atom is -0.493 e. The number of ether oxygens (including phenoxy) is 7. The molecule has 0 N–H and O–H groups in total. The highest BCUT2D eigenvalue weighted by Crippen LogP contribution is 2.52. The van der Waals surface area contributed by atoms with Gasteiger partial charge in [-0.1, -0.05) is 12.1 Å². The van der Waals surface area contributed by atoms with E-state index in [2.05, 4.69) is 0 Å². The fraction of sp³-hybridized carbons (Fsp3) is 0.214. The molecule has 9 nitrogen and oxygen atoms in total. The number of ketones is 1. The van der Waals surface area contributed by atoms with Crippen LogP contribution < -0.4 is 33.2 Å². The molecule has 188 valence electrons. The van der Waals surface area contributed by atoms with Crippen molar-refractivity contribution in [3.63, 3.8) is 0 Å². The van der Waals surface area contributed by atoms with Gasteiger partial charge in [0.05, 0.1) is 33.3 Å². The Morgan fingerprint density at radius 3 is 2.49 bits per heavy atom. The highest BCUT2D eigenvalue weighted by molar-refractivity contribution is 6.15. The lowest BCUT2D eigenvalue weighted by Crippen LogP contribution is -2.21. The Bertz CT molecular complexity index is 1490. The summed E-state index contributed by atoms with van der Waals surface area (Å²) in [4.78, 5) is 25.9. The van der Waals surface area contributed by atoms with Crippen molar-refractivity contribution in [2.75, 3.05) is 28.1 Å². The normalized spacial score (nSPS) is 18.1. The Hall–Kier alpha value is -4.66. The average molecular weight is 502 g/mol. The van der Waals surface area contributed by atoms with Gasteiger partial charge in [-0.25, -0.2) is 0 Å². The van der Waals surface area contributed by atoms with E-state index in [4.69, 9.17) is 33.2 Å². The summed E-state index contributed by atoms with van der Waals surface area (Å²) in [5.74, 6) is 2.18. The molecule has 3 aliphatic heterocycles. The van der Waals surface area contributed by atoms with E-state index in [9.17, 15) is 9.59 Å². The predicted octanol–water partition coefficient (Wildman–Crippen LogP) is 4.50. The summed E-state index contributed by atoms with van der Waals surface area (Å²) in [7, 11) is 4.61. The summed E-state index contributed by atoms with van der Waals surface area (Å²) in [6, 6.07) is 12.2. The predicted molar refractivity (Wildman–Crippen MR) is 130 cm³/mol. The minimum atomic E-state index is -0.465. The van der Waals surface area contributed by atoms with Gasteiger partial charge in [0.25, 0.3) is 0 Å². The van der Waals surface area contributed by atoms with Gasteiger partial charge in [-0.2, -0.15) is 0 Å². The Morgan fingerprint density at radius 1 is 0.865 bits per heavy atom. The zero-order chi connectivity index (χ0) is 25.7. The summed E-state index contributed by atoms with van der Waals surface area (Å²) in [5, 5.41) is 0. The number of esters is 1. The maximum absolute atomic E-state index is 13.4. The van der Waals surface area contributed by atoms with E-state index in [1.54, 1.807) is 49.6 Å². The molecular formula is C28H22O9. The van der Waals surface area contributed by atoms with Gasteiger partial charge in [0.1, 0.15) is 11.5 Å². The number of hydrogen-bond acceptors (Lipinski definition) is 9. The topological polar surface area (TPSA) is 98.8 Å². The average Bonchev–Trinajstić information content (AvgIpc) is 3.51. The van der Waals surface area contributed by atoms with Crippen molar-refractivity contribution in [1.29, 1.82) is 0 Å². The number of allylic oxidation sites excluding steroid dienone is 1. The van der Waals surface area contributed by atoms with Gasteiger partial charge in [0, 0.05) is 17.0 Å². The molecule has 3 aromatic carbocycles. The summed E-state index contributed by atoms with van der Waals surface area (Å²) < 4.78 is 39.2. The molecule has 3 heterocycles. The van der Waals surface area contributed by atoms with Crippen molar-refractivity contribution in [2.45, 2.75) is 12.3 Å². The molecule has 0 spiro atoms. The fourth-order valence-corrected chi connectivity index (χ4v) is 4.91. The van der Waals surface area contributed by atoms with Crippen molar-refractivity contribution in [3.05, 3.63) is 70.5 Å². The van der Waals surface area contributed by atoms with Crippen molar-refractivity contribution in [1.82, 2.24) is 0 Å². The molecule has 0 bridgehead atoms. The molecule has 0 radical (unpaired) electrons. The SMILES string of the molecule is COc1cccc(/C=C2\Oc3c(ccc4c3[C@@H](c3cc(OC)c5c(c3)OCO5)CC(=O)O4)C2=O)c1OC. The second-order valence-corrected chi connectivity index (χ2v) is 8.56. The van der Waals surface area contributed by atoms with Crippen LogP contribution in [0.15, 0.2) is 48.2 Å². The van der Waals surface area contributed by atoms with E-state index in [1.807, 2.05) is 6.07 Å². The molecule has 0 amide bonds. The first kappa shape index (κ1) is 22.8. The molecule has 0 saturated heterocycles. The van der Waals surface area contributed by atoms with Crippen LogP contribution in [0.25, 0.3) is 6.08 Å². The molecule has 0 aromatic heterocycles. The number of methoxy groups -OCH3 is 3. The fourth-order valence-electron chi connectivity index (χ4n) is 4.91. The third-order valence-corrected chi connectivity index (χ3v) is 6.58. The lowest BCUT2D eigenvalue weighted by molar-refractivity contribution is -0.135. The number of para-hydroxylation sites is 1. The van der Waals surface area contributed by atoms with E-state index in [1.165, 1.54) is 14.2 Å².